The maximum atomic E-state index is 13.3. The number of amides is 1. The van der Waals surface area contributed by atoms with Crippen LogP contribution in [0.1, 0.15) is 88.1 Å². The molecule has 0 atom stereocenters. The number of carboxylic acids is 1. The summed E-state index contributed by atoms with van der Waals surface area (Å²) >= 11 is 1.66. The summed E-state index contributed by atoms with van der Waals surface area (Å²) in [5.74, 6) is -1.26. The molecule has 6 nitrogen and oxygen atoms in total. The molecule has 2 aliphatic carbocycles. The van der Waals surface area contributed by atoms with E-state index in [2.05, 4.69) is 36.5 Å². The summed E-state index contributed by atoms with van der Waals surface area (Å²) in [5, 5.41) is 12.4. The van der Waals surface area contributed by atoms with Gasteiger partial charge in [0.05, 0.1) is 17.0 Å². The van der Waals surface area contributed by atoms with Gasteiger partial charge in [-0.05, 0) is 107 Å². The van der Waals surface area contributed by atoms with Gasteiger partial charge in [-0.1, -0.05) is 36.4 Å². The van der Waals surface area contributed by atoms with Crippen molar-refractivity contribution in [3.05, 3.63) is 80.5 Å². The van der Waals surface area contributed by atoms with Crippen LogP contribution < -0.4 is 5.32 Å². The standard InChI is InChI=1S/C33H37NO5S/c1-19-27(28(20(2)40-19)29(35)34-26-17-33(18-26)15-25(16-33)30(36)37)14-21-6-8-22(9-7-21)23-10-12-24(13-11-23)31(38)39-32(3,4)5/h6-13,25-26H,14-18H2,1-5H3,(H,34,35)(H,36,37). The molecule has 1 aromatic heterocycles. The number of carbonyl (C=O) groups is 3. The second kappa shape index (κ2) is 10.5. The Kier molecular flexibility index (Phi) is 7.38. The number of carboxylic acid groups (broad SMARTS) is 1. The number of ether oxygens (including phenoxy) is 1. The zero-order chi connectivity index (χ0) is 28.8. The van der Waals surface area contributed by atoms with Gasteiger partial charge in [-0.3, -0.25) is 9.59 Å². The lowest BCUT2D eigenvalue weighted by Crippen LogP contribution is -2.57. The minimum atomic E-state index is -0.698. The van der Waals surface area contributed by atoms with Gasteiger partial charge in [-0.25, -0.2) is 4.79 Å². The molecule has 2 aliphatic rings. The van der Waals surface area contributed by atoms with Crippen LogP contribution in [-0.4, -0.2) is 34.6 Å². The van der Waals surface area contributed by atoms with Crippen molar-refractivity contribution in [3.63, 3.8) is 0 Å². The van der Waals surface area contributed by atoms with Crippen molar-refractivity contribution in [1.29, 1.82) is 0 Å². The molecule has 1 spiro atoms. The number of benzene rings is 2. The fourth-order valence-corrected chi connectivity index (χ4v) is 7.31. The maximum Gasteiger partial charge on any atom is 0.338 e. The van der Waals surface area contributed by atoms with Crippen LogP contribution in [0.15, 0.2) is 48.5 Å². The van der Waals surface area contributed by atoms with Gasteiger partial charge in [0.15, 0.2) is 0 Å². The topological polar surface area (TPSA) is 92.7 Å². The van der Waals surface area contributed by atoms with Crippen molar-refractivity contribution in [3.8, 4) is 11.1 Å². The van der Waals surface area contributed by atoms with E-state index in [1.54, 1.807) is 23.5 Å². The Labute approximate surface area is 239 Å². The van der Waals surface area contributed by atoms with Crippen molar-refractivity contribution in [2.75, 3.05) is 0 Å². The van der Waals surface area contributed by atoms with E-state index in [1.165, 1.54) is 0 Å². The smallest absolute Gasteiger partial charge is 0.338 e. The molecule has 5 rings (SSSR count). The van der Waals surface area contributed by atoms with E-state index in [4.69, 9.17) is 4.74 Å². The monoisotopic (exact) mass is 559 g/mol. The number of aliphatic carboxylic acids is 1. The molecule has 0 saturated heterocycles. The van der Waals surface area contributed by atoms with Gasteiger partial charge in [0.1, 0.15) is 5.60 Å². The molecule has 3 aromatic rings. The number of hydrogen-bond donors (Lipinski definition) is 2. The van der Waals surface area contributed by atoms with E-state index in [9.17, 15) is 19.5 Å². The van der Waals surface area contributed by atoms with E-state index in [0.29, 0.717) is 12.0 Å². The largest absolute Gasteiger partial charge is 0.481 e. The molecule has 7 heteroatoms. The third kappa shape index (κ3) is 5.85. The molecule has 2 aromatic carbocycles. The second-order valence-corrected chi connectivity index (χ2v) is 14.0. The third-order valence-electron chi connectivity index (χ3n) is 8.20. The Balaban J connectivity index is 1.22. The van der Waals surface area contributed by atoms with E-state index in [0.717, 1.165) is 63.3 Å². The van der Waals surface area contributed by atoms with Crippen LogP contribution >= 0.6 is 11.3 Å². The molecule has 0 aliphatic heterocycles. The lowest BCUT2D eigenvalue weighted by molar-refractivity contribution is -0.155. The highest BCUT2D eigenvalue weighted by Gasteiger charge is 2.55. The predicted molar refractivity (Wildman–Crippen MR) is 157 cm³/mol. The van der Waals surface area contributed by atoms with E-state index < -0.39 is 11.6 Å². The number of nitrogens with one attached hydrogen (secondary N) is 1. The first-order valence-corrected chi connectivity index (χ1v) is 14.7. The minimum Gasteiger partial charge on any atom is -0.481 e. The first-order valence-electron chi connectivity index (χ1n) is 13.9. The number of aryl methyl sites for hydroxylation is 2. The van der Waals surface area contributed by atoms with Crippen LogP contribution in [0.5, 0.6) is 0 Å². The van der Waals surface area contributed by atoms with Gasteiger partial charge in [-0.15, -0.1) is 11.3 Å². The molecule has 2 N–H and O–H groups in total. The van der Waals surface area contributed by atoms with Gasteiger partial charge in [-0.2, -0.15) is 0 Å². The van der Waals surface area contributed by atoms with Crippen LogP contribution in [0.2, 0.25) is 0 Å². The molecule has 2 saturated carbocycles. The van der Waals surface area contributed by atoms with E-state index in [1.807, 2.05) is 39.8 Å². The Bertz CT molecular complexity index is 1430. The molecule has 1 heterocycles. The quantitative estimate of drug-likeness (QED) is 0.306. The van der Waals surface area contributed by atoms with Gasteiger partial charge in [0, 0.05) is 15.8 Å². The molecular weight excluding hydrogens is 522 g/mol. The Morgan fingerprint density at radius 3 is 2.05 bits per heavy atom. The lowest BCUT2D eigenvalue weighted by atomic mass is 9.50. The molecule has 0 radical (unpaired) electrons. The SMILES string of the molecule is Cc1sc(C)c(C(=O)NC2CC3(C2)CC(C(=O)O)C3)c1Cc1ccc(-c2ccc(C(=O)OC(C)(C)C)cc2)cc1. The molecule has 2 fully saturated rings. The summed E-state index contributed by atoms with van der Waals surface area (Å²) in [6, 6.07) is 15.9. The number of rotatable bonds is 7. The summed E-state index contributed by atoms with van der Waals surface area (Å²) < 4.78 is 5.45. The van der Waals surface area contributed by atoms with Gasteiger partial charge in [0.2, 0.25) is 0 Å². The summed E-state index contributed by atoms with van der Waals surface area (Å²) in [7, 11) is 0. The van der Waals surface area contributed by atoms with Gasteiger partial charge in [0.25, 0.3) is 5.91 Å². The van der Waals surface area contributed by atoms with E-state index in [-0.39, 0.29) is 29.3 Å². The molecule has 0 unspecified atom stereocenters. The van der Waals surface area contributed by atoms with Crippen LogP contribution in [-0.2, 0) is 16.0 Å². The van der Waals surface area contributed by atoms with Crippen molar-refractivity contribution >= 4 is 29.2 Å². The highest BCUT2D eigenvalue weighted by molar-refractivity contribution is 7.12. The maximum absolute atomic E-state index is 13.3. The third-order valence-corrected chi connectivity index (χ3v) is 9.26. The van der Waals surface area contributed by atoms with Crippen molar-refractivity contribution in [2.45, 2.75) is 78.4 Å². The Hall–Kier alpha value is -3.45. The van der Waals surface area contributed by atoms with Crippen molar-refractivity contribution in [2.24, 2.45) is 11.3 Å². The zero-order valence-electron chi connectivity index (χ0n) is 23.8. The zero-order valence-corrected chi connectivity index (χ0v) is 24.6. The summed E-state index contributed by atoms with van der Waals surface area (Å²) in [5.41, 5.74) is 5.16. The van der Waals surface area contributed by atoms with Crippen LogP contribution in [0.25, 0.3) is 11.1 Å². The summed E-state index contributed by atoms with van der Waals surface area (Å²) in [6.45, 7) is 9.64. The van der Waals surface area contributed by atoms with Gasteiger partial charge < -0.3 is 15.2 Å². The summed E-state index contributed by atoms with van der Waals surface area (Å²) in [4.78, 5) is 39.0. The summed E-state index contributed by atoms with van der Waals surface area (Å²) in [6.07, 6.45) is 3.90. The highest BCUT2D eigenvalue weighted by Crippen LogP contribution is 2.58. The fourth-order valence-electron chi connectivity index (χ4n) is 6.23. The predicted octanol–water partition coefficient (Wildman–Crippen LogP) is 6.95. The second-order valence-electron chi connectivity index (χ2n) is 12.5. The molecule has 40 heavy (non-hydrogen) atoms. The normalized spacial score (nSPS) is 21.8. The molecule has 210 valence electrons. The van der Waals surface area contributed by atoms with Crippen molar-refractivity contribution in [1.82, 2.24) is 5.32 Å². The number of esters is 1. The molecule has 1 amide bonds. The van der Waals surface area contributed by atoms with Crippen LogP contribution in [0.4, 0.5) is 0 Å². The van der Waals surface area contributed by atoms with E-state index >= 15 is 0 Å². The lowest BCUT2D eigenvalue weighted by Gasteiger charge is -2.56. The number of hydrogen-bond acceptors (Lipinski definition) is 5. The average molecular weight is 560 g/mol. The molecular formula is C33H37NO5S. The number of carbonyl (C=O) groups excluding carboxylic acids is 2. The van der Waals surface area contributed by atoms with Gasteiger partial charge >= 0.3 is 11.9 Å². The highest BCUT2D eigenvalue weighted by atomic mass is 32.1. The Morgan fingerprint density at radius 1 is 0.925 bits per heavy atom. The fraction of sp³-hybridized carbons (Fsp3) is 0.424. The first kappa shape index (κ1) is 28.1. The average Bonchev–Trinajstić information content (AvgIpc) is 3.11. The minimum absolute atomic E-state index is 0.0208. The molecule has 0 bridgehead atoms. The number of thiophene rings is 1. The first-order chi connectivity index (χ1) is 18.8. The van der Waals surface area contributed by atoms with Crippen molar-refractivity contribution < 1.29 is 24.2 Å². The Morgan fingerprint density at radius 2 is 1.50 bits per heavy atom. The van der Waals surface area contributed by atoms with Crippen LogP contribution in [0.3, 0.4) is 0 Å². The van der Waals surface area contributed by atoms with Crippen LogP contribution in [0, 0.1) is 25.2 Å².